The van der Waals surface area contributed by atoms with Gasteiger partial charge in [0.05, 0.1) is 16.0 Å². The van der Waals surface area contributed by atoms with Crippen LogP contribution >= 0.6 is 23.1 Å². The molecule has 1 atom stereocenters. The topological polar surface area (TPSA) is 74.7 Å². The number of carbonyl (C=O) groups is 2. The third-order valence-corrected chi connectivity index (χ3v) is 6.42. The van der Waals surface area contributed by atoms with Gasteiger partial charge in [-0.25, -0.2) is 10.4 Å². The molecule has 0 radical (unpaired) electrons. The first-order chi connectivity index (χ1) is 13.1. The summed E-state index contributed by atoms with van der Waals surface area (Å²) >= 11 is 2.93. The number of hydrazone groups is 1. The molecule has 1 aliphatic heterocycles. The number of amides is 2. The summed E-state index contributed by atoms with van der Waals surface area (Å²) in [4.78, 5) is 30.5. The summed E-state index contributed by atoms with van der Waals surface area (Å²) in [6.07, 6.45) is 1.49. The molecule has 6 nitrogen and oxygen atoms in total. The van der Waals surface area contributed by atoms with E-state index in [1.165, 1.54) is 18.0 Å². The van der Waals surface area contributed by atoms with Gasteiger partial charge in [0.15, 0.2) is 4.34 Å². The van der Waals surface area contributed by atoms with E-state index in [1.807, 2.05) is 48.5 Å². The molecule has 27 heavy (non-hydrogen) atoms. The quantitative estimate of drug-likeness (QED) is 0.408. The van der Waals surface area contributed by atoms with Crippen molar-refractivity contribution in [1.82, 2.24) is 10.4 Å². The Labute approximate surface area is 164 Å². The molecule has 3 aromatic rings. The number of fused-ring (bicyclic) bond motifs is 2. The number of thioether (sulfide) groups is 1. The number of hydrogen-bond donors (Lipinski definition) is 1. The van der Waals surface area contributed by atoms with E-state index < -0.39 is 5.92 Å². The molecular formula is C19H16N4O2S2. The summed E-state index contributed by atoms with van der Waals surface area (Å²) in [7, 11) is 1.74. The van der Waals surface area contributed by atoms with Crippen molar-refractivity contribution in [1.29, 1.82) is 0 Å². The summed E-state index contributed by atoms with van der Waals surface area (Å²) in [5.74, 6) is -0.546. The Kier molecular flexibility index (Phi) is 4.91. The molecule has 2 aromatic carbocycles. The van der Waals surface area contributed by atoms with E-state index in [4.69, 9.17) is 0 Å². The number of nitrogens with one attached hydrogen (secondary N) is 1. The van der Waals surface area contributed by atoms with Crippen LogP contribution in [0.2, 0.25) is 0 Å². The first-order valence-corrected chi connectivity index (χ1v) is 10.1. The second-order valence-electron chi connectivity index (χ2n) is 5.98. The van der Waals surface area contributed by atoms with Gasteiger partial charge in [0.1, 0.15) is 5.92 Å². The molecule has 0 fully saturated rings. The Balaban J connectivity index is 1.34. The van der Waals surface area contributed by atoms with Gasteiger partial charge in [-0.15, -0.1) is 11.3 Å². The average Bonchev–Trinajstić information content (AvgIpc) is 3.21. The zero-order valence-electron chi connectivity index (χ0n) is 14.5. The van der Waals surface area contributed by atoms with Crippen LogP contribution in [0.5, 0.6) is 0 Å². The molecule has 0 saturated carbocycles. The molecule has 0 spiro atoms. The van der Waals surface area contributed by atoms with Crippen molar-refractivity contribution in [3.05, 3.63) is 54.1 Å². The van der Waals surface area contributed by atoms with E-state index in [0.717, 1.165) is 25.8 Å². The minimum atomic E-state index is -0.469. The van der Waals surface area contributed by atoms with E-state index in [-0.39, 0.29) is 17.6 Å². The minimum absolute atomic E-state index is 0.0574. The Morgan fingerprint density at radius 1 is 1.30 bits per heavy atom. The molecule has 1 unspecified atom stereocenters. The number of carbonyl (C=O) groups excluding carboxylic acids is 2. The van der Waals surface area contributed by atoms with Crippen molar-refractivity contribution in [2.24, 2.45) is 5.10 Å². The number of rotatable bonds is 5. The summed E-state index contributed by atoms with van der Waals surface area (Å²) in [5, 5.41) is 3.99. The molecule has 136 valence electrons. The fourth-order valence-corrected chi connectivity index (χ4v) is 4.78. The molecule has 1 aliphatic rings. The van der Waals surface area contributed by atoms with Gasteiger partial charge in [-0.1, -0.05) is 42.1 Å². The van der Waals surface area contributed by atoms with E-state index >= 15 is 0 Å². The summed E-state index contributed by atoms with van der Waals surface area (Å²) in [6, 6.07) is 15.5. The smallest absolute Gasteiger partial charge is 0.250 e. The highest BCUT2D eigenvalue weighted by Crippen LogP contribution is 2.34. The normalized spacial score (nSPS) is 16.3. The molecule has 0 bridgehead atoms. The van der Waals surface area contributed by atoms with Gasteiger partial charge in [0.2, 0.25) is 11.8 Å². The maximum atomic E-state index is 12.3. The van der Waals surface area contributed by atoms with Gasteiger partial charge in [0, 0.05) is 18.9 Å². The first-order valence-electron chi connectivity index (χ1n) is 8.30. The van der Waals surface area contributed by atoms with Crippen LogP contribution in [0, 0.1) is 0 Å². The standard InChI is InChI=1S/C19H16N4O2S2/c1-23-15-8-4-2-6-12(15)13(18(23)25)10-20-22-17(24)11-26-19-21-14-7-3-5-9-16(14)27-19/h2-10,13H,11H2,1H3,(H,22,24)/b20-10-. The van der Waals surface area contributed by atoms with Crippen LogP contribution in [0.1, 0.15) is 11.5 Å². The van der Waals surface area contributed by atoms with Crippen LogP contribution in [0.3, 0.4) is 0 Å². The van der Waals surface area contributed by atoms with Gasteiger partial charge in [-0.05, 0) is 23.8 Å². The van der Waals surface area contributed by atoms with Gasteiger partial charge in [0.25, 0.3) is 0 Å². The number of anilines is 1. The molecule has 4 rings (SSSR count). The van der Waals surface area contributed by atoms with Crippen molar-refractivity contribution >= 4 is 57.0 Å². The lowest BCUT2D eigenvalue weighted by Gasteiger charge is -2.08. The second kappa shape index (κ2) is 7.50. The average molecular weight is 396 g/mol. The molecular weight excluding hydrogens is 380 g/mol. The van der Waals surface area contributed by atoms with Crippen molar-refractivity contribution in [2.45, 2.75) is 10.3 Å². The Morgan fingerprint density at radius 3 is 2.93 bits per heavy atom. The van der Waals surface area contributed by atoms with Crippen molar-refractivity contribution in [3.8, 4) is 0 Å². The third kappa shape index (κ3) is 3.58. The molecule has 1 aromatic heterocycles. The number of aromatic nitrogens is 1. The predicted molar refractivity (Wildman–Crippen MR) is 110 cm³/mol. The van der Waals surface area contributed by atoms with E-state index in [0.29, 0.717) is 0 Å². The highest BCUT2D eigenvalue weighted by atomic mass is 32.2. The maximum Gasteiger partial charge on any atom is 0.250 e. The Bertz CT molecular complexity index is 1010. The van der Waals surface area contributed by atoms with E-state index in [1.54, 1.807) is 23.3 Å². The Morgan fingerprint density at radius 2 is 2.07 bits per heavy atom. The van der Waals surface area contributed by atoms with Crippen LogP contribution in [0.25, 0.3) is 10.2 Å². The molecule has 2 amide bonds. The molecule has 0 aliphatic carbocycles. The summed E-state index contributed by atoms with van der Waals surface area (Å²) in [5.41, 5.74) is 5.20. The second-order valence-corrected chi connectivity index (χ2v) is 8.24. The zero-order valence-corrected chi connectivity index (χ0v) is 16.1. The number of benzene rings is 2. The lowest BCUT2D eigenvalue weighted by Crippen LogP contribution is -2.26. The lowest BCUT2D eigenvalue weighted by molar-refractivity contribution is -0.119. The van der Waals surface area contributed by atoms with Gasteiger partial charge in [-0.2, -0.15) is 5.10 Å². The molecule has 0 saturated heterocycles. The number of likely N-dealkylation sites (N-methyl/N-ethyl adjacent to an activating group) is 1. The van der Waals surface area contributed by atoms with Crippen molar-refractivity contribution in [3.63, 3.8) is 0 Å². The maximum absolute atomic E-state index is 12.3. The van der Waals surface area contributed by atoms with Crippen molar-refractivity contribution < 1.29 is 9.59 Å². The SMILES string of the molecule is CN1C(=O)C(/C=N\NC(=O)CSc2nc3ccccc3s2)c2ccccc21. The highest BCUT2D eigenvalue weighted by molar-refractivity contribution is 8.01. The zero-order chi connectivity index (χ0) is 18.8. The minimum Gasteiger partial charge on any atom is -0.314 e. The summed E-state index contributed by atoms with van der Waals surface area (Å²) < 4.78 is 1.94. The fourth-order valence-electron chi connectivity index (χ4n) is 2.92. The van der Waals surface area contributed by atoms with Crippen LogP contribution < -0.4 is 10.3 Å². The van der Waals surface area contributed by atoms with E-state index in [2.05, 4.69) is 15.5 Å². The fraction of sp³-hybridized carbons (Fsp3) is 0.158. The lowest BCUT2D eigenvalue weighted by atomic mass is 10.0. The largest absolute Gasteiger partial charge is 0.314 e. The van der Waals surface area contributed by atoms with Gasteiger partial charge < -0.3 is 4.90 Å². The van der Waals surface area contributed by atoms with Crippen LogP contribution in [-0.2, 0) is 9.59 Å². The van der Waals surface area contributed by atoms with Gasteiger partial charge in [-0.3, -0.25) is 9.59 Å². The number of nitrogens with zero attached hydrogens (tertiary/aromatic N) is 3. The monoisotopic (exact) mass is 396 g/mol. The number of hydrogen-bond acceptors (Lipinski definition) is 6. The van der Waals surface area contributed by atoms with Gasteiger partial charge >= 0.3 is 0 Å². The number of para-hydroxylation sites is 2. The van der Waals surface area contributed by atoms with Crippen LogP contribution in [0.15, 0.2) is 58.0 Å². The van der Waals surface area contributed by atoms with Crippen molar-refractivity contribution in [2.75, 3.05) is 17.7 Å². The molecule has 2 heterocycles. The van der Waals surface area contributed by atoms with Crippen LogP contribution in [0.4, 0.5) is 5.69 Å². The number of thiazole rings is 1. The molecule has 1 N–H and O–H groups in total. The summed E-state index contributed by atoms with van der Waals surface area (Å²) in [6.45, 7) is 0. The molecule has 8 heteroatoms. The third-order valence-electron chi connectivity index (χ3n) is 4.24. The highest BCUT2D eigenvalue weighted by Gasteiger charge is 2.33. The Hall–Kier alpha value is -2.71. The van der Waals surface area contributed by atoms with Crippen LogP contribution in [-0.4, -0.2) is 35.8 Å². The van der Waals surface area contributed by atoms with E-state index in [9.17, 15) is 9.59 Å². The first kappa shape index (κ1) is 17.7. The predicted octanol–water partition coefficient (Wildman–Crippen LogP) is 3.25.